The van der Waals surface area contributed by atoms with Gasteiger partial charge in [-0.2, -0.15) is 0 Å². The summed E-state index contributed by atoms with van der Waals surface area (Å²) in [6.45, 7) is 0. The molecule has 0 aliphatic carbocycles. The van der Waals surface area contributed by atoms with Crippen molar-refractivity contribution in [1.82, 2.24) is 5.32 Å². The van der Waals surface area contributed by atoms with Crippen molar-refractivity contribution in [2.75, 3.05) is 0 Å². The maximum atomic E-state index is 12.3. The average Bonchev–Trinajstić information content (AvgIpc) is 2.91. The van der Waals surface area contributed by atoms with Gasteiger partial charge < -0.3 is 15.2 Å². The predicted molar refractivity (Wildman–Crippen MR) is 88.9 cm³/mol. The highest BCUT2D eigenvalue weighted by Gasteiger charge is 2.33. The van der Waals surface area contributed by atoms with Crippen molar-refractivity contribution in [1.29, 1.82) is 0 Å². The van der Waals surface area contributed by atoms with E-state index >= 15 is 0 Å². The molecule has 0 aromatic heterocycles. The number of carboxylic acid groups (broad SMARTS) is 1. The summed E-state index contributed by atoms with van der Waals surface area (Å²) in [4.78, 5) is 35.5. The second-order valence-electron chi connectivity index (χ2n) is 5.83. The lowest BCUT2D eigenvalue weighted by atomic mass is 10.0. The summed E-state index contributed by atoms with van der Waals surface area (Å²) in [7, 11) is 0. The summed E-state index contributed by atoms with van der Waals surface area (Å²) in [6, 6.07) is 14.9. The summed E-state index contributed by atoms with van der Waals surface area (Å²) < 4.78 is 5.22. The fourth-order valence-corrected chi connectivity index (χ4v) is 2.84. The highest BCUT2D eigenvalue weighted by atomic mass is 16.5. The van der Waals surface area contributed by atoms with Gasteiger partial charge in [-0.15, -0.1) is 0 Å². The van der Waals surface area contributed by atoms with Gasteiger partial charge in [0.15, 0.2) is 0 Å². The monoisotopic (exact) mass is 339 g/mol. The van der Waals surface area contributed by atoms with Crippen LogP contribution in [-0.4, -0.2) is 29.0 Å². The molecule has 1 aliphatic rings. The molecule has 1 heterocycles. The number of carbonyl (C=O) groups is 3. The summed E-state index contributed by atoms with van der Waals surface area (Å²) in [6.07, 6.45) is -0.612. The molecular formula is C19H17NO5. The van der Waals surface area contributed by atoms with Crippen LogP contribution in [0.15, 0.2) is 54.6 Å². The maximum absolute atomic E-state index is 12.3. The number of amides is 1. The zero-order valence-electron chi connectivity index (χ0n) is 13.3. The van der Waals surface area contributed by atoms with E-state index in [2.05, 4.69) is 5.32 Å². The Hall–Kier alpha value is -3.15. The third-order valence-electron chi connectivity index (χ3n) is 4.06. The maximum Gasteiger partial charge on any atom is 0.339 e. The number of nitrogens with one attached hydrogen (secondary N) is 1. The van der Waals surface area contributed by atoms with E-state index < -0.39 is 30.0 Å². The third kappa shape index (κ3) is 3.85. The summed E-state index contributed by atoms with van der Waals surface area (Å²) in [5.41, 5.74) is 1.91. The average molecular weight is 339 g/mol. The van der Waals surface area contributed by atoms with Gasteiger partial charge in [0.25, 0.3) is 0 Å². The molecule has 2 aromatic rings. The van der Waals surface area contributed by atoms with E-state index in [1.165, 1.54) is 0 Å². The molecule has 0 saturated carbocycles. The first-order chi connectivity index (χ1) is 12.0. The molecule has 0 bridgehead atoms. The minimum Gasteiger partial charge on any atom is -0.480 e. The number of esters is 1. The minimum atomic E-state index is -1.11. The van der Waals surface area contributed by atoms with Gasteiger partial charge in [0.2, 0.25) is 5.91 Å². The standard InChI is InChI=1S/C19H17NO5/c21-17(11-16-13-8-4-5-9-14(13)19(24)25-16)20-15(18(22)23)10-12-6-2-1-3-7-12/h1-9,15-16H,10-11H2,(H,20,21)(H,22,23)/t15-,16-/m1/s1. The second-order valence-corrected chi connectivity index (χ2v) is 5.83. The van der Waals surface area contributed by atoms with Crippen LogP contribution in [0.4, 0.5) is 0 Å². The molecule has 6 heteroatoms. The van der Waals surface area contributed by atoms with Crippen molar-refractivity contribution in [2.45, 2.75) is 25.0 Å². The fraction of sp³-hybridized carbons (Fsp3) is 0.211. The van der Waals surface area contributed by atoms with E-state index in [1.807, 2.05) is 18.2 Å². The number of ether oxygens (including phenoxy) is 1. The van der Waals surface area contributed by atoms with Gasteiger partial charge in [-0.25, -0.2) is 9.59 Å². The van der Waals surface area contributed by atoms with Crippen LogP contribution in [0.5, 0.6) is 0 Å². The van der Waals surface area contributed by atoms with Crippen LogP contribution in [0.2, 0.25) is 0 Å². The molecule has 0 radical (unpaired) electrons. The highest BCUT2D eigenvalue weighted by molar-refractivity contribution is 5.95. The normalized spacial score (nSPS) is 16.6. The Morgan fingerprint density at radius 1 is 1.08 bits per heavy atom. The SMILES string of the molecule is O=C(C[C@H]1OC(=O)c2ccccc21)N[C@H](Cc1ccccc1)C(=O)O. The first-order valence-corrected chi connectivity index (χ1v) is 7.90. The molecule has 1 amide bonds. The van der Waals surface area contributed by atoms with E-state index in [1.54, 1.807) is 36.4 Å². The number of hydrogen-bond donors (Lipinski definition) is 2. The molecule has 128 valence electrons. The molecule has 0 fully saturated rings. The van der Waals surface area contributed by atoms with Crippen LogP contribution in [0.25, 0.3) is 0 Å². The van der Waals surface area contributed by atoms with E-state index in [9.17, 15) is 19.5 Å². The van der Waals surface area contributed by atoms with Gasteiger partial charge in [0, 0.05) is 12.0 Å². The molecule has 0 spiro atoms. The largest absolute Gasteiger partial charge is 0.480 e. The topological polar surface area (TPSA) is 92.7 Å². The van der Waals surface area contributed by atoms with Crippen molar-refractivity contribution in [3.63, 3.8) is 0 Å². The van der Waals surface area contributed by atoms with Gasteiger partial charge in [-0.3, -0.25) is 4.79 Å². The zero-order chi connectivity index (χ0) is 17.8. The summed E-state index contributed by atoms with van der Waals surface area (Å²) in [5.74, 6) is -2.05. The van der Waals surface area contributed by atoms with E-state index in [4.69, 9.17) is 4.74 Å². The van der Waals surface area contributed by atoms with Crippen LogP contribution in [0, 0.1) is 0 Å². The number of benzene rings is 2. The van der Waals surface area contributed by atoms with Gasteiger partial charge in [-0.1, -0.05) is 48.5 Å². The molecule has 25 heavy (non-hydrogen) atoms. The van der Waals surface area contributed by atoms with Crippen LogP contribution in [-0.2, 0) is 20.7 Å². The quantitative estimate of drug-likeness (QED) is 0.786. The Balaban J connectivity index is 1.65. The van der Waals surface area contributed by atoms with Crippen molar-refractivity contribution in [2.24, 2.45) is 0 Å². The lowest BCUT2D eigenvalue weighted by molar-refractivity contribution is -0.142. The molecule has 0 unspecified atom stereocenters. The van der Waals surface area contributed by atoms with Crippen molar-refractivity contribution >= 4 is 17.8 Å². The summed E-state index contributed by atoms with van der Waals surface area (Å²) >= 11 is 0. The lowest BCUT2D eigenvalue weighted by Crippen LogP contribution is -2.42. The Morgan fingerprint density at radius 2 is 1.76 bits per heavy atom. The number of cyclic esters (lactones) is 1. The van der Waals surface area contributed by atoms with E-state index in [0.717, 1.165) is 5.56 Å². The number of hydrogen-bond acceptors (Lipinski definition) is 4. The first-order valence-electron chi connectivity index (χ1n) is 7.90. The Kier molecular flexibility index (Phi) is 4.79. The Morgan fingerprint density at radius 3 is 2.48 bits per heavy atom. The smallest absolute Gasteiger partial charge is 0.339 e. The van der Waals surface area contributed by atoms with Crippen LogP contribution < -0.4 is 5.32 Å². The number of carbonyl (C=O) groups excluding carboxylic acids is 2. The van der Waals surface area contributed by atoms with Gasteiger partial charge in [0.05, 0.1) is 12.0 Å². The minimum absolute atomic E-state index is 0.110. The second kappa shape index (κ2) is 7.17. The third-order valence-corrected chi connectivity index (χ3v) is 4.06. The molecular weight excluding hydrogens is 322 g/mol. The molecule has 2 atom stereocenters. The molecule has 6 nitrogen and oxygen atoms in total. The number of carboxylic acids is 1. The number of aliphatic carboxylic acids is 1. The number of rotatable bonds is 6. The van der Waals surface area contributed by atoms with Crippen molar-refractivity contribution in [3.05, 3.63) is 71.3 Å². The molecule has 2 N–H and O–H groups in total. The molecule has 1 aliphatic heterocycles. The Labute approximate surface area is 144 Å². The van der Waals surface area contributed by atoms with Gasteiger partial charge in [-0.05, 0) is 11.6 Å². The molecule has 3 rings (SSSR count). The van der Waals surface area contributed by atoms with E-state index in [0.29, 0.717) is 11.1 Å². The van der Waals surface area contributed by atoms with Gasteiger partial charge >= 0.3 is 11.9 Å². The van der Waals surface area contributed by atoms with Crippen LogP contribution in [0.1, 0.15) is 34.0 Å². The van der Waals surface area contributed by atoms with E-state index in [-0.39, 0.29) is 12.8 Å². The highest BCUT2D eigenvalue weighted by Crippen LogP contribution is 2.32. The molecule has 0 saturated heterocycles. The summed E-state index contributed by atoms with van der Waals surface area (Å²) in [5, 5.41) is 11.9. The fourth-order valence-electron chi connectivity index (χ4n) is 2.84. The number of fused-ring (bicyclic) bond motifs is 1. The van der Waals surface area contributed by atoms with Crippen molar-refractivity contribution < 1.29 is 24.2 Å². The lowest BCUT2D eigenvalue weighted by Gasteiger charge is -2.16. The van der Waals surface area contributed by atoms with Crippen molar-refractivity contribution in [3.8, 4) is 0 Å². The first kappa shape index (κ1) is 16.7. The zero-order valence-corrected chi connectivity index (χ0v) is 13.3. The van der Waals surface area contributed by atoms with Crippen LogP contribution in [0.3, 0.4) is 0 Å². The van der Waals surface area contributed by atoms with Crippen LogP contribution >= 0.6 is 0 Å². The van der Waals surface area contributed by atoms with Gasteiger partial charge in [0.1, 0.15) is 12.1 Å². The molecule has 2 aromatic carbocycles. The predicted octanol–water partition coefficient (Wildman–Crippen LogP) is 2.10. The Bertz CT molecular complexity index is 802.